The summed E-state index contributed by atoms with van der Waals surface area (Å²) in [5.74, 6) is 0.948. The molecule has 7 heteroatoms. The molecule has 1 aromatic carbocycles. The topological polar surface area (TPSA) is 73.2 Å². The third-order valence-electron chi connectivity index (χ3n) is 5.53. The molecule has 0 atom stereocenters. The Bertz CT molecular complexity index is 926. The summed E-state index contributed by atoms with van der Waals surface area (Å²) in [5, 5.41) is 4.77. The summed E-state index contributed by atoms with van der Waals surface area (Å²) in [5.41, 5.74) is 2.95. The average molecular weight is 390 g/mol. The molecule has 146 valence electrons. The van der Waals surface area contributed by atoms with Gasteiger partial charge < -0.3 is 4.74 Å². The van der Waals surface area contributed by atoms with Crippen LogP contribution in [0.1, 0.15) is 67.4 Å². The minimum absolute atomic E-state index is 0.169. The van der Waals surface area contributed by atoms with Gasteiger partial charge in [-0.05, 0) is 56.4 Å². The number of nitrogens with zero attached hydrogens (tertiary/aromatic N) is 2. The molecule has 2 aromatic rings. The summed E-state index contributed by atoms with van der Waals surface area (Å²) in [6, 6.07) is 7.72. The second-order valence-corrected chi connectivity index (χ2v) is 9.43. The van der Waals surface area contributed by atoms with E-state index in [1.807, 2.05) is 13.0 Å². The van der Waals surface area contributed by atoms with E-state index in [0.717, 1.165) is 11.3 Å². The van der Waals surface area contributed by atoms with Gasteiger partial charge in [0.1, 0.15) is 10.6 Å². The highest BCUT2D eigenvalue weighted by molar-refractivity contribution is 7.89. The first kappa shape index (κ1) is 18.5. The Hall–Kier alpha value is -1.86. The molecule has 6 nitrogen and oxygen atoms in total. The molecule has 1 N–H and O–H groups in total. The van der Waals surface area contributed by atoms with E-state index in [1.54, 1.807) is 12.1 Å². The van der Waals surface area contributed by atoms with Gasteiger partial charge in [0.15, 0.2) is 0 Å². The minimum Gasteiger partial charge on any atom is -0.495 e. The van der Waals surface area contributed by atoms with E-state index in [2.05, 4.69) is 15.5 Å². The van der Waals surface area contributed by atoms with Crippen molar-refractivity contribution in [2.75, 3.05) is 7.11 Å². The van der Waals surface area contributed by atoms with Crippen molar-refractivity contribution in [2.45, 2.75) is 68.8 Å². The van der Waals surface area contributed by atoms with Gasteiger partial charge in [0.2, 0.25) is 10.0 Å². The predicted molar refractivity (Wildman–Crippen MR) is 103 cm³/mol. The monoisotopic (exact) mass is 389 g/mol. The fraction of sp³-hybridized carbons (Fsp3) is 0.550. The molecule has 0 unspecified atom stereocenters. The van der Waals surface area contributed by atoms with E-state index in [-0.39, 0.29) is 11.4 Å². The Morgan fingerprint density at radius 2 is 1.93 bits per heavy atom. The maximum absolute atomic E-state index is 12.8. The molecule has 1 heterocycles. The normalized spacial score (nSPS) is 18.1. The lowest BCUT2D eigenvalue weighted by Gasteiger charge is -2.13. The molecule has 0 amide bonds. The third kappa shape index (κ3) is 3.89. The SMILES string of the molecule is COc1ccc(C)cc1S(=O)(=O)NCc1cc(C2CC2)n(C2CCCC2)n1. The van der Waals surface area contributed by atoms with Crippen LogP contribution in [0.2, 0.25) is 0 Å². The number of methoxy groups -OCH3 is 1. The van der Waals surface area contributed by atoms with Gasteiger partial charge in [0.25, 0.3) is 0 Å². The molecule has 2 fully saturated rings. The molecule has 4 rings (SSSR count). The molecule has 1 aromatic heterocycles. The van der Waals surface area contributed by atoms with Gasteiger partial charge in [-0.25, -0.2) is 13.1 Å². The summed E-state index contributed by atoms with van der Waals surface area (Å²) in [6.07, 6.45) is 7.28. The second kappa shape index (κ2) is 7.28. The van der Waals surface area contributed by atoms with Gasteiger partial charge in [0.05, 0.1) is 25.4 Å². The van der Waals surface area contributed by atoms with Crippen LogP contribution in [0.3, 0.4) is 0 Å². The molecule has 2 aliphatic rings. The number of sulfonamides is 1. The second-order valence-electron chi connectivity index (χ2n) is 7.70. The first-order valence-electron chi connectivity index (χ1n) is 9.70. The number of rotatable bonds is 7. The van der Waals surface area contributed by atoms with Crippen molar-refractivity contribution in [3.63, 3.8) is 0 Å². The van der Waals surface area contributed by atoms with Crippen LogP contribution in [0.25, 0.3) is 0 Å². The molecule has 0 bridgehead atoms. The maximum Gasteiger partial charge on any atom is 0.244 e. The third-order valence-corrected chi connectivity index (χ3v) is 6.96. The van der Waals surface area contributed by atoms with Crippen molar-refractivity contribution in [1.29, 1.82) is 0 Å². The fourth-order valence-corrected chi connectivity index (χ4v) is 5.16. The number of nitrogens with one attached hydrogen (secondary N) is 1. The van der Waals surface area contributed by atoms with Crippen LogP contribution in [0.5, 0.6) is 5.75 Å². The van der Waals surface area contributed by atoms with Gasteiger partial charge in [-0.1, -0.05) is 18.9 Å². The fourth-order valence-electron chi connectivity index (χ4n) is 3.91. The first-order valence-corrected chi connectivity index (χ1v) is 11.2. The van der Waals surface area contributed by atoms with Gasteiger partial charge in [0, 0.05) is 11.6 Å². The summed E-state index contributed by atoms with van der Waals surface area (Å²) in [6.45, 7) is 2.06. The predicted octanol–water partition coefficient (Wildman–Crippen LogP) is 3.67. The Kier molecular flexibility index (Phi) is 4.99. The quantitative estimate of drug-likeness (QED) is 0.784. The van der Waals surface area contributed by atoms with Crippen LogP contribution < -0.4 is 9.46 Å². The average Bonchev–Trinajstić information content (AvgIpc) is 3.18. The zero-order valence-corrected chi connectivity index (χ0v) is 16.8. The molecule has 0 aliphatic heterocycles. The Balaban J connectivity index is 1.54. The molecule has 27 heavy (non-hydrogen) atoms. The number of benzene rings is 1. The number of aryl methyl sites for hydroxylation is 1. The van der Waals surface area contributed by atoms with Gasteiger partial charge in [-0.3, -0.25) is 4.68 Å². The van der Waals surface area contributed by atoms with E-state index in [0.29, 0.717) is 17.7 Å². The summed E-state index contributed by atoms with van der Waals surface area (Å²) >= 11 is 0. The van der Waals surface area contributed by atoms with Crippen LogP contribution >= 0.6 is 0 Å². The molecular formula is C20H27N3O3S. The van der Waals surface area contributed by atoms with Crippen LogP contribution in [-0.2, 0) is 16.6 Å². The van der Waals surface area contributed by atoms with Crippen LogP contribution in [0.15, 0.2) is 29.2 Å². The highest BCUT2D eigenvalue weighted by atomic mass is 32.2. The van der Waals surface area contributed by atoms with E-state index in [9.17, 15) is 8.42 Å². The smallest absolute Gasteiger partial charge is 0.244 e. The van der Waals surface area contributed by atoms with Crippen molar-refractivity contribution in [3.05, 3.63) is 41.2 Å². The zero-order valence-electron chi connectivity index (χ0n) is 15.9. The first-order chi connectivity index (χ1) is 13.0. The van der Waals surface area contributed by atoms with Crippen LogP contribution in [0, 0.1) is 6.92 Å². The summed E-state index contributed by atoms with van der Waals surface area (Å²) in [7, 11) is -2.19. The number of aromatic nitrogens is 2. The molecule has 0 radical (unpaired) electrons. The lowest BCUT2D eigenvalue weighted by atomic mass is 10.2. The van der Waals surface area contributed by atoms with Crippen molar-refractivity contribution < 1.29 is 13.2 Å². The molecular weight excluding hydrogens is 362 g/mol. The summed E-state index contributed by atoms with van der Waals surface area (Å²) < 4.78 is 35.7. The van der Waals surface area contributed by atoms with Crippen molar-refractivity contribution in [3.8, 4) is 5.75 Å². The molecule has 2 aliphatic carbocycles. The van der Waals surface area contributed by atoms with Gasteiger partial charge >= 0.3 is 0 Å². The minimum atomic E-state index is -3.68. The zero-order chi connectivity index (χ0) is 19.0. The van der Waals surface area contributed by atoms with E-state index < -0.39 is 10.0 Å². The lowest BCUT2D eigenvalue weighted by Crippen LogP contribution is -2.24. The van der Waals surface area contributed by atoms with E-state index >= 15 is 0 Å². The van der Waals surface area contributed by atoms with Gasteiger partial charge in [-0.2, -0.15) is 5.10 Å². The van der Waals surface area contributed by atoms with E-state index in [4.69, 9.17) is 9.84 Å². The largest absolute Gasteiger partial charge is 0.495 e. The Labute approximate surface area is 161 Å². The van der Waals surface area contributed by atoms with Crippen molar-refractivity contribution in [1.82, 2.24) is 14.5 Å². The van der Waals surface area contributed by atoms with Crippen molar-refractivity contribution >= 4 is 10.0 Å². The number of hydrogen-bond donors (Lipinski definition) is 1. The lowest BCUT2D eigenvalue weighted by molar-refractivity contribution is 0.402. The van der Waals surface area contributed by atoms with Crippen molar-refractivity contribution in [2.24, 2.45) is 0 Å². The summed E-state index contributed by atoms with van der Waals surface area (Å²) in [4.78, 5) is 0.169. The van der Waals surface area contributed by atoms with Crippen LogP contribution in [0.4, 0.5) is 0 Å². The highest BCUT2D eigenvalue weighted by Crippen LogP contribution is 2.43. The Morgan fingerprint density at radius 3 is 2.59 bits per heavy atom. The van der Waals surface area contributed by atoms with Crippen LogP contribution in [-0.4, -0.2) is 25.3 Å². The van der Waals surface area contributed by atoms with Gasteiger partial charge in [-0.15, -0.1) is 0 Å². The molecule has 0 spiro atoms. The molecule has 2 saturated carbocycles. The highest BCUT2D eigenvalue weighted by Gasteiger charge is 2.31. The Morgan fingerprint density at radius 1 is 1.19 bits per heavy atom. The van der Waals surface area contributed by atoms with E-state index in [1.165, 1.54) is 51.3 Å². The standard InChI is InChI=1S/C20H27N3O3S/c1-14-7-10-19(26-2)20(11-14)27(24,25)21-13-16-12-18(15-8-9-15)23(22-16)17-5-3-4-6-17/h7,10-12,15,17,21H,3-6,8-9,13H2,1-2H3. The number of hydrogen-bond acceptors (Lipinski definition) is 4. The molecule has 0 saturated heterocycles. The maximum atomic E-state index is 12.8. The number of ether oxygens (including phenoxy) is 1.